The van der Waals surface area contributed by atoms with Crippen molar-refractivity contribution in [2.45, 2.75) is 12.0 Å². The molecule has 0 aliphatic rings. The maximum absolute atomic E-state index is 11.7. The minimum Gasteiger partial charge on any atom is -0.396 e. The Labute approximate surface area is 143 Å². The van der Waals surface area contributed by atoms with Gasteiger partial charge in [-0.2, -0.15) is 0 Å². The zero-order chi connectivity index (χ0) is 16.8. The first kappa shape index (κ1) is 16.4. The zero-order valence-electron chi connectivity index (χ0n) is 13.5. The van der Waals surface area contributed by atoms with Crippen molar-refractivity contribution in [3.05, 3.63) is 108 Å². The summed E-state index contributed by atoms with van der Waals surface area (Å²) in [7, 11) is 0. The van der Waals surface area contributed by atoms with Gasteiger partial charge in [0.05, 0.1) is 0 Å². The highest BCUT2D eigenvalue weighted by Crippen LogP contribution is 2.38. The molecule has 0 fully saturated rings. The van der Waals surface area contributed by atoms with Gasteiger partial charge in [-0.25, -0.2) is 0 Å². The van der Waals surface area contributed by atoms with Crippen LogP contribution < -0.4 is 0 Å². The average Bonchev–Trinajstić information content (AvgIpc) is 2.67. The highest BCUT2D eigenvalue weighted by Gasteiger charge is 2.39. The summed E-state index contributed by atoms with van der Waals surface area (Å²) in [6, 6.07) is 29.2. The molecule has 1 atom stereocenters. The van der Waals surface area contributed by atoms with E-state index in [2.05, 4.69) is 0 Å². The third kappa shape index (κ3) is 3.25. The number of hydrogen-bond donors (Lipinski definition) is 2. The van der Waals surface area contributed by atoms with Gasteiger partial charge in [-0.1, -0.05) is 91.0 Å². The van der Waals surface area contributed by atoms with Gasteiger partial charge < -0.3 is 10.2 Å². The van der Waals surface area contributed by atoms with Crippen LogP contribution in [0.15, 0.2) is 91.0 Å². The lowest BCUT2D eigenvalue weighted by atomic mass is 9.74. The molecule has 0 saturated carbocycles. The second-order valence-electron chi connectivity index (χ2n) is 6.07. The van der Waals surface area contributed by atoms with E-state index in [0.29, 0.717) is 6.42 Å². The van der Waals surface area contributed by atoms with Crippen molar-refractivity contribution < 1.29 is 10.2 Å². The summed E-state index contributed by atoms with van der Waals surface area (Å²) in [5, 5.41) is 21.8. The molecule has 0 spiro atoms. The summed E-state index contributed by atoms with van der Waals surface area (Å²) in [5.74, 6) is -0.343. The molecule has 0 aliphatic heterocycles. The van der Waals surface area contributed by atoms with Gasteiger partial charge in [0.25, 0.3) is 0 Å². The highest BCUT2D eigenvalue weighted by molar-refractivity contribution is 5.37. The Morgan fingerprint density at radius 3 is 1.50 bits per heavy atom. The minimum atomic E-state index is -1.24. The third-order valence-corrected chi connectivity index (χ3v) is 4.56. The van der Waals surface area contributed by atoms with Gasteiger partial charge in [0.15, 0.2) is 0 Å². The lowest BCUT2D eigenvalue weighted by molar-refractivity contribution is -0.00985. The van der Waals surface area contributed by atoms with E-state index in [9.17, 15) is 10.2 Å². The normalized spacial score (nSPS) is 12.8. The van der Waals surface area contributed by atoms with Crippen molar-refractivity contribution in [1.82, 2.24) is 0 Å². The predicted octanol–water partition coefficient (Wildman–Crippen LogP) is 3.77. The van der Waals surface area contributed by atoms with Gasteiger partial charge >= 0.3 is 0 Å². The van der Waals surface area contributed by atoms with Crippen molar-refractivity contribution in [3.8, 4) is 0 Å². The van der Waals surface area contributed by atoms with Gasteiger partial charge in [0, 0.05) is 12.5 Å². The van der Waals surface area contributed by atoms with Gasteiger partial charge in [-0.15, -0.1) is 0 Å². The van der Waals surface area contributed by atoms with Crippen LogP contribution in [0.25, 0.3) is 0 Å². The van der Waals surface area contributed by atoms with Gasteiger partial charge in [0.1, 0.15) is 5.60 Å². The van der Waals surface area contributed by atoms with Crippen LogP contribution in [-0.4, -0.2) is 16.8 Å². The number of aliphatic hydroxyl groups is 2. The average molecular weight is 318 g/mol. The smallest absolute Gasteiger partial charge is 0.120 e. The molecule has 0 aromatic heterocycles. The lowest BCUT2D eigenvalue weighted by Crippen LogP contribution is -2.39. The molecular formula is C22H22O2. The van der Waals surface area contributed by atoms with E-state index in [1.54, 1.807) is 0 Å². The lowest BCUT2D eigenvalue weighted by Gasteiger charge is -2.36. The van der Waals surface area contributed by atoms with Gasteiger partial charge in [-0.05, 0) is 23.1 Å². The maximum Gasteiger partial charge on any atom is 0.120 e. The van der Waals surface area contributed by atoms with Gasteiger partial charge in [0.2, 0.25) is 0 Å². The third-order valence-electron chi connectivity index (χ3n) is 4.56. The Balaban J connectivity index is 2.06. The molecule has 3 aromatic rings. The number of rotatable bonds is 6. The van der Waals surface area contributed by atoms with Crippen molar-refractivity contribution in [2.24, 2.45) is 5.92 Å². The van der Waals surface area contributed by atoms with Crippen LogP contribution in [-0.2, 0) is 12.0 Å². The molecule has 122 valence electrons. The maximum atomic E-state index is 11.7. The fourth-order valence-corrected chi connectivity index (χ4v) is 3.27. The van der Waals surface area contributed by atoms with E-state index in [1.165, 1.54) is 0 Å². The van der Waals surface area contributed by atoms with E-state index >= 15 is 0 Å². The van der Waals surface area contributed by atoms with Crippen LogP contribution in [0.3, 0.4) is 0 Å². The first-order valence-corrected chi connectivity index (χ1v) is 8.23. The second-order valence-corrected chi connectivity index (χ2v) is 6.07. The second kappa shape index (κ2) is 7.43. The molecule has 3 rings (SSSR count). The molecule has 24 heavy (non-hydrogen) atoms. The Morgan fingerprint density at radius 2 is 1.08 bits per heavy atom. The quantitative estimate of drug-likeness (QED) is 0.726. The van der Waals surface area contributed by atoms with Crippen molar-refractivity contribution in [2.75, 3.05) is 6.61 Å². The SMILES string of the molecule is OCC(Cc1ccccc1)C(O)(c1ccccc1)c1ccccc1. The summed E-state index contributed by atoms with van der Waals surface area (Å²) in [5.41, 5.74) is 1.45. The Bertz CT molecular complexity index is 699. The van der Waals surface area contributed by atoms with E-state index < -0.39 is 5.60 Å². The van der Waals surface area contributed by atoms with E-state index in [4.69, 9.17) is 0 Å². The molecule has 3 aromatic carbocycles. The molecule has 0 heterocycles. The van der Waals surface area contributed by atoms with Gasteiger partial charge in [-0.3, -0.25) is 0 Å². The molecule has 0 amide bonds. The molecule has 0 radical (unpaired) electrons. The summed E-state index contributed by atoms with van der Waals surface area (Å²) in [6.07, 6.45) is 0.595. The number of benzene rings is 3. The van der Waals surface area contributed by atoms with Crippen LogP contribution in [0.1, 0.15) is 16.7 Å². The molecule has 2 N–H and O–H groups in total. The Kier molecular flexibility index (Phi) is 5.09. The van der Waals surface area contributed by atoms with E-state index in [1.807, 2.05) is 91.0 Å². The first-order chi connectivity index (χ1) is 11.7. The van der Waals surface area contributed by atoms with Crippen LogP contribution in [0.5, 0.6) is 0 Å². The first-order valence-electron chi connectivity index (χ1n) is 8.23. The topological polar surface area (TPSA) is 40.5 Å². The number of aliphatic hydroxyl groups excluding tert-OH is 1. The summed E-state index contributed by atoms with van der Waals surface area (Å²) in [6.45, 7) is -0.102. The molecule has 1 unspecified atom stereocenters. The van der Waals surface area contributed by atoms with Crippen LogP contribution in [0, 0.1) is 5.92 Å². The van der Waals surface area contributed by atoms with Crippen molar-refractivity contribution in [1.29, 1.82) is 0 Å². The van der Waals surface area contributed by atoms with Crippen molar-refractivity contribution >= 4 is 0 Å². The predicted molar refractivity (Wildman–Crippen MR) is 96.6 cm³/mol. The molecule has 0 bridgehead atoms. The summed E-state index contributed by atoms with van der Waals surface area (Å²) in [4.78, 5) is 0. The molecule has 2 heteroatoms. The zero-order valence-corrected chi connectivity index (χ0v) is 13.5. The van der Waals surface area contributed by atoms with E-state index in [-0.39, 0.29) is 12.5 Å². The summed E-state index contributed by atoms with van der Waals surface area (Å²) >= 11 is 0. The van der Waals surface area contributed by atoms with Crippen LogP contribution >= 0.6 is 0 Å². The Hall–Kier alpha value is -2.42. The fourth-order valence-electron chi connectivity index (χ4n) is 3.27. The summed E-state index contributed by atoms with van der Waals surface area (Å²) < 4.78 is 0. The largest absolute Gasteiger partial charge is 0.396 e. The Morgan fingerprint density at radius 1 is 0.667 bits per heavy atom. The minimum absolute atomic E-state index is 0.102. The van der Waals surface area contributed by atoms with Crippen LogP contribution in [0.4, 0.5) is 0 Å². The molecule has 2 nitrogen and oxygen atoms in total. The standard InChI is InChI=1S/C22H22O2/c23-17-21(16-18-10-4-1-5-11-18)22(24,19-12-6-2-7-13-19)20-14-8-3-9-15-20/h1-15,21,23-24H,16-17H2. The van der Waals surface area contributed by atoms with Crippen LogP contribution in [0.2, 0.25) is 0 Å². The van der Waals surface area contributed by atoms with Crippen molar-refractivity contribution in [3.63, 3.8) is 0 Å². The fraction of sp³-hybridized carbons (Fsp3) is 0.182. The highest BCUT2D eigenvalue weighted by atomic mass is 16.3. The monoisotopic (exact) mass is 318 g/mol. The molecule has 0 saturated heterocycles. The molecular weight excluding hydrogens is 296 g/mol. The van der Waals surface area contributed by atoms with E-state index in [0.717, 1.165) is 16.7 Å². The number of hydrogen-bond acceptors (Lipinski definition) is 2. The molecule has 0 aliphatic carbocycles.